The minimum Gasteiger partial charge on any atom is -0.352 e. The fourth-order valence-electron chi connectivity index (χ4n) is 4.28. The summed E-state index contributed by atoms with van der Waals surface area (Å²) in [7, 11) is 0. The van der Waals surface area contributed by atoms with Crippen LogP contribution in [0.4, 0.5) is 26.3 Å². The van der Waals surface area contributed by atoms with Gasteiger partial charge in [-0.3, -0.25) is 0 Å². The van der Waals surface area contributed by atoms with Gasteiger partial charge in [-0.2, -0.15) is 26.3 Å². The Kier molecular flexibility index (Phi) is 6.73. The van der Waals surface area contributed by atoms with Crippen molar-refractivity contribution < 1.29 is 35.8 Å². The Bertz CT molecular complexity index is 1050. The van der Waals surface area contributed by atoms with Crippen LogP contribution in [0.5, 0.6) is 0 Å². The lowest BCUT2D eigenvalue weighted by Crippen LogP contribution is -2.36. The van der Waals surface area contributed by atoms with Crippen LogP contribution in [0.15, 0.2) is 61.1 Å². The molecule has 1 aliphatic rings. The van der Waals surface area contributed by atoms with Gasteiger partial charge in [-0.1, -0.05) is 30.3 Å². The third-order valence-corrected chi connectivity index (χ3v) is 5.96. The van der Waals surface area contributed by atoms with Gasteiger partial charge in [0.25, 0.3) is 0 Å². The second-order valence-corrected chi connectivity index (χ2v) is 8.20. The minimum absolute atomic E-state index is 0.0944. The highest BCUT2D eigenvalue weighted by Gasteiger charge is 2.40. The molecule has 1 unspecified atom stereocenters. The molecular formula is C24H22F6N2O2. The summed E-state index contributed by atoms with van der Waals surface area (Å²) in [5.74, 6) is -0.450. The van der Waals surface area contributed by atoms with Crippen molar-refractivity contribution in [1.29, 1.82) is 0 Å². The summed E-state index contributed by atoms with van der Waals surface area (Å²) in [6.45, 7) is 1.72. The van der Waals surface area contributed by atoms with Gasteiger partial charge in [-0.15, -0.1) is 0 Å². The average molecular weight is 484 g/mol. The Labute approximate surface area is 191 Å². The molecule has 0 amide bonds. The van der Waals surface area contributed by atoms with E-state index in [2.05, 4.69) is 9.97 Å². The molecular weight excluding hydrogens is 462 g/mol. The first-order valence-electron chi connectivity index (χ1n) is 10.6. The van der Waals surface area contributed by atoms with E-state index in [0.717, 1.165) is 11.3 Å². The molecule has 0 spiro atoms. The minimum atomic E-state index is -4.94. The molecule has 2 heterocycles. The van der Waals surface area contributed by atoms with Crippen LogP contribution in [0.3, 0.4) is 0 Å². The maximum atomic E-state index is 13.3. The van der Waals surface area contributed by atoms with Crippen LogP contribution in [-0.4, -0.2) is 22.9 Å². The fourth-order valence-corrected chi connectivity index (χ4v) is 4.28. The second kappa shape index (κ2) is 9.42. The molecule has 4 atom stereocenters. The summed E-state index contributed by atoms with van der Waals surface area (Å²) in [5.41, 5.74) is -1.28. The largest absolute Gasteiger partial charge is 0.416 e. The molecule has 1 N–H and O–H groups in total. The van der Waals surface area contributed by atoms with Gasteiger partial charge in [0.15, 0.2) is 6.29 Å². The van der Waals surface area contributed by atoms with Crippen molar-refractivity contribution >= 4 is 0 Å². The summed E-state index contributed by atoms with van der Waals surface area (Å²) >= 11 is 0. The van der Waals surface area contributed by atoms with Crippen LogP contribution in [0.2, 0.25) is 0 Å². The number of alkyl halides is 6. The Morgan fingerprint density at radius 1 is 1.00 bits per heavy atom. The van der Waals surface area contributed by atoms with Crippen LogP contribution in [0.1, 0.15) is 59.2 Å². The molecule has 34 heavy (non-hydrogen) atoms. The number of hydrogen-bond donors (Lipinski definition) is 1. The van der Waals surface area contributed by atoms with E-state index in [1.807, 2.05) is 30.3 Å². The highest BCUT2D eigenvalue weighted by atomic mass is 19.4. The van der Waals surface area contributed by atoms with E-state index in [9.17, 15) is 26.3 Å². The molecule has 0 aliphatic carbocycles. The lowest BCUT2D eigenvalue weighted by atomic mass is 9.80. The monoisotopic (exact) mass is 484 g/mol. The van der Waals surface area contributed by atoms with Gasteiger partial charge in [0.1, 0.15) is 0 Å². The molecule has 1 aromatic heterocycles. The van der Waals surface area contributed by atoms with Gasteiger partial charge in [-0.05, 0) is 42.7 Å². The van der Waals surface area contributed by atoms with Crippen molar-refractivity contribution in [2.24, 2.45) is 0 Å². The number of imidazole rings is 1. The normalized spacial score (nSPS) is 22.5. The number of halogens is 6. The van der Waals surface area contributed by atoms with E-state index in [1.54, 1.807) is 12.5 Å². The molecule has 0 bridgehead atoms. The summed E-state index contributed by atoms with van der Waals surface area (Å²) in [6.07, 6.45) is -7.99. The Hall–Kier alpha value is -2.85. The molecule has 1 aliphatic heterocycles. The molecule has 10 heteroatoms. The summed E-state index contributed by atoms with van der Waals surface area (Å²) in [6, 6.07) is 10.8. The van der Waals surface area contributed by atoms with Crippen LogP contribution in [0, 0.1) is 0 Å². The number of nitrogens with one attached hydrogen (secondary N) is 1. The highest BCUT2D eigenvalue weighted by Crippen LogP contribution is 2.44. The van der Waals surface area contributed by atoms with Crippen molar-refractivity contribution in [3.63, 3.8) is 0 Å². The topological polar surface area (TPSA) is 47.1 Å². The lowest BCUT2D eigenvalue weighted by Gasteiger charge is -2.39. The van der Waals surface area contributed by atoms with E-state index >= 15 is 0 Å². The number of aromatic nitrogens is 2. The quantitative estimate of drug-likeness (QED) is 0.404. The van der Waals surface area contributed by atoms with Crippen LogP contribution in [0.25, 0.3) is 0 Å². The molecule has 0 radical (unpaired) electrons. The summed E-state index contributed by atoms with van der Waals surface area (Å²) in [5, 5.41) is 0. The van der Waals surface area contributed by atoms with Gasteiger partial charge < -0.3 is 14.5 Å². The van der Waals surface area contributed by atoms with Gasteiger partial charge in [0, 0.05) is 23.7 Å². The van der Waals surface area contributed by atoms with Crippen LogP contribution in [-0.2, 0) is 21.8 Å². The number of H-pyrrole nitrogens is 1. The molecule has 4 rings (SSSR count). The van der Waals surface area contributed by atoms with Gasteiger partial charge >= 0.3 is 12.4 Å². The predicted octanol–water partition coefficient (Wildman–Crippen LogP) is 6.84. The van der Waals surface area contributed by atoms with Crippen molar-refractivity contribution in [3.05, 3.63) is 89.0 Å². The number of rotatable bonds is 5. The molecule has 2 aromatic carbocycles. The van der Waals surface area contributed by atoms with Crippen molar-refractivity contribution in [3.8, 4) is 0 Å². The summed E-state index contributed by atoms with van der Waals surface area (Å²) < 4.78 is 91.7. The van der Waals surface area contributed by atoms with Gasteiger partial charge in [0.05, 0.1) is 30.2 Å². The van der Waals surface area contributed by atoms with E-state index in [4.69, 9.17) is 9.47 Å². The number of hydrogen-bond acceptors (Lipinski definition) is 3. The number of ether oxygens (including phenoxy) is 2. The highest BCUT2D eigenvalue weighted by molar-refractivity contribution is 5.35. The predicted molar refractivity (Wildman–Crippen MR) is 111 cm³/mol. The standard InChI is InChI=1S/C24H22F6N2O2/c1-14(16-9-17(23(25,26)27)11-18(10-16)24(28,29)30)34-22-21(15-5-3-2-4-6-15)19(7-8-33-22)20-12-31-13-32-20/h2-6,9-14,19,21-22H,7-8H2,1H3,(H,31,32)/t14?,19-,21-,22+/m0/s1. The first kappa shape index (κ1) is 24.3. The Balaban J connectivity index is 1.68. The second-order valence-electron chi connectivity index (χ2n) is 8.20. The first-order valence-corrected chi connectivity index (χ1v) is 10.6. The zero-order chi connectivity index (χ0) is 24.5. The SMILES string of the molecule is CC(O[C@H]1OCC[C@@H](c2cnc[nH]2)[C@@H]1c1ccccc1)c1cc(C(F)(F)F)cc(C(F)(F)F)c1. The smallest absolute Gasteiger partial charge is 0.352 e. The first-order chi connectivity index (χ1) is 16.0. The third-order valence-electron chi connectivity index (χ3n) is 5.96. The molecule has 3 aromatic rings. The number of aromatic amines is 1. The van der Waals surface area contributed by atoms with E-state index in [0.29, 0.717) is 25.2 Å². The average Bonchev–Trinajstić information content (AvgIpc) is 3.33. The van der Waals surface area contributed by atoms with Crippen LogP contribution < -0.4 is 0 Å². The van der Waals surface area contributed by atoms with Crippen molar-refractivity contribution in [1.82, 2.24) is 9.97 Å². The fraction of sp³-hybridized carbons (Fsp3) is 0.375. The van der Waals surface area contributed by atoms with Crippen molar-refractivity contribution in [2.45, 2.75) is 49.9 Å². The van der Waals surface area contributed by atoms with Gasteiger partial charge in [-0.25, -0.2) is 4.98 Å². The zero-order valence-electron chi connectivity index (χ0n) is 18.0. The molecule has 0 saturated carbocycles. The maximum absolute atomic E-state index is 13.3. The van der Waals surface area contributed by atoms with E-state index in [-0.39, 0.29) is 23.5 Å². The number of nitrogens with zero attached hydrogens (tertiary/aromatic N) is 1. The van der Waals surface area contributed by atoms with Crippen LogP contribution >= 0.6 is 0 Å². The molecule has 4 nitrogen and oxygen atoms in total. The Morgan fingerprint density at radius 3 is 2.21 bits per heavy atom. The summed E-state index contributed by atoms with van der Waals surface area (Å²) in [4.78, 5) is 7.16. The maximum Gasteiger partial charge on any atom is 0.416 e. The molecule has 1 saturated heterocycles. The van der Waals surface area contributed by atoms with Crippen molar-refractivity contribution in [2.75, 3.05) is 6.61 Å². The Morgan fingerprint density at radius 2 is 1.65 bits per heavy atom. The van der Waals surface area contributed by atoms with Gasteiger partial charge in [0.2, 0.25) is 0 Å². The van der Waals surface area contributed by atoms with E-state index in [1.165, 1.54) is 6.92 Å². The zero-order valence-corrected chi connectivity index (χ0v) is 18.0. The third kappa shape index (κ3) is 5.28. The molecule has 182 valence electrons. The number of benzene rings is 2. The molecule has 1 fully saturated rings. The van der Waals surface area contributed by atoms with E-state index < -0.39 is 35.9 Å². The lowest BCUT2D eigenvalue weighted by molar-refractivity contribution is -0.202.